The predicted octanol–water partition coefficient (Wildman–Crippen LogP) is 1.97. The van der Waals surface area contributed by atoms with Gasteiger partial charge in [0.15, 0.2) is 0 Å². The molecule has 17 heavy (non-hydrogen) atoms. The number of hydrogen-bond donors (Lipinski definition) is 1. The van der Waals surface area contributed by atoms with Crippen LogP contribution in [-0.4, -0.2) is 34.9 Å². The average Bonchev–Trinajstić information content (AvgIpc) is 2.23. The average molecular weight is 239 g/mol. The Hall–Kier alpha value is -1.62. The number of carboxylic acid groups (broad SMARTS) is 1. The fourth-order valence-electron chi connectivity index (χ4n) is 1.15. The zero-order chi connectivity index (χ0) is 12.9. The first-order valence-electron chi connectivity index (χ1n) is 5.35. The molecule has 0 unspecified atom stereocenters. The Bertz CT molecular complexity index is 384. The van der Waals surface area contributed by atoms with Crippen molar-refractivity contribution in [1.29, 1.82) is 0 Å². The minimum Gasteiger partial charge on any atom is -0.477 e. The molecule has 0 aliphatic rings. The lowest BCUT2D eigenvalue weighted by Crippen LogP contribution is -2.22. The van der Waals surface area contributed by atoms with Gasteiger partial charge < -0.3 is 14.6 Å². The van der Waals surface area contributed by atoms with Crippen molar-refractivity contribution in [2.75, 3.05) is 13.2 Å². The van der Waals surface area contributed by atoms with E-state index in [0.717, 1.165) is 0 Å². The zero-order valence-electron chi connectivity index (χ0n) is 10.3. The number of carbonyl (C=O) groups is 1. The van der Waals surface area contributed by atoms with E-state index in [-0.39, 0.29) is 23.7 Å². The van der Waals surface area contributed by atoms with E-state index < -0.39 is 5.97 Å². The highest BCUT2D eigenvalue weighted by Crippen LogP contribution is 2.14. The second kappa shape index (κ2) is 5.63. The number of carboxylic acids is 1. The zero-order valence-corrected chi connectivity index (χ0v) is 10.3. The standard InChI is InChI=1S/C12H17NO4/c1-12(2,3)17-8-7-16-10-9(11(14)15)5-4-6-13-10/h4-6H,7-8H2,1-3H3,(H,14,15). The van der Waals surface area contributed by atoms with Crippen LogP contribution in [0.4, 0.5) is 0 Å². The second-order valence-corrected chi connectivity index (χ2v) is 4.47. The molecule has 0 spiro atoms. The minimum atomic E-state index is -1.05. The third-order valence-electron chi connectivity index (χ3n) is 1.86. The van der Waals surface area contributed by atoms with Gasteiger partial charge in [-0.2, -0.15) is 0 Å². The van der Waals surface area contributed by atoms with Crippen molar-refractivity contribution in [3.05, 3.63) is 23.9 Å². The Morgan fingerprint density at radius 2 is 2.12 bits per heavy atom. The Morgan fingerprint density at radius 3 is 2.71 bits per heavy atom. The summed E-state index contributed by atoms with van der Waals surface area (Å²) >= 11 is 0. The molecule has 5 heteroatoms. The number of aromatic carboxylic acids is 1. The van der Waals surface area contributed by atoms with Crippen molar-refractivity contribution in [3.63, 3.8) is 0 Å². The molecule has 0 fully saturated rings. The van der Waals surface area contributed by atoms with Crippen LogP contribution in [0.3, 0.4) is 0 Å². The molecule has 0 aliphatic heterocycles. The quantitative estimate of drug-likeness (QED) is 0.795. The Morgan fingerprint density at radius 1 is 1.41 bits per heavy atom. The number of aromatic nitrogens is 1. The summed E-state index contributed by atoms with van der Waals surface area (Å²) in [6.45, 7) is 6.48. The smallest absolute Gasteiger partial charge is 0.341 e. The summed E-state index contributed by atoms with van der Waals surface area (Å²) in [5.74, 6) is -0.928. The van der Waals surface area contributed by atoms with Crippen LogP contribution >= 0.6 is 0 Å². The Kier molecular flexibility index (Phi) is 4.45. The number of rotatable bonds is 5. The maximum absolute atomic E-state index is 10.9. The summed E-state index contributed by atoms with van der Waals surface area (Å²) in [6.07, 6.45) is 1.49. The third kappa shape index (κ3) is 4.82. The lowest BCUT2D eigenvalue weighted by atomic mass is 10.2. The van der Waals surface area contributed by atoms with Crippen LogP contribution < -0.4 is 4.74 Å². The molecular weight excluding hydrogens is 222 g/mol. The van der Waals surface area contributed by atoms with Gasteiger partial charge in [0.05, 0.1) is 12.2 Å². The normalized spacial score (nSPS) is 11.2. The lowest BCUT2D eigenvalue weighted by Gasteiger charge is -2.19. The molecule has 1 N–H and O–H groups in total. The van der Waals surface area contributed by atoms with Gasteiger partial charge >= 0.3 is 5.97 Å². The molecule has 0 bridgehead atoms. The monoisotopic (exact) mass is 239 g/mol. The molecule has 0 saturated carbocycles. The number of nitrogens with zero attached hydrogens (tertiary/aromatic N) is 1. The van der Waals surface area contributed by atoms with E-state index in [1.54, 1.807) is 6.07 Å². The predicted molar refractivity (Wildman–Crippen MR) is 62.4 cm³/mol. The first-order valence-corrected chi connectivity index (χ1v) is 5.35. The Balaban J connectivity index is 2.49. The van der Waals surface area contributed by atoms with Crippen molar-refractivity contribution in [2.45, 2.75) is 26.4 Å². The number of hydrogen-bond acceptors (Lipinski definition) is 4. The fourth-order valence-corrected chi connectivity index (χ4v) is 1.15. The van der Waals surface area contributed by atoms with Gasteiger partial charge in [-0.15, -0.1) is 0 Å². The maximum Gasteiger partial charge on any atom is 0.341 e. The highest BCUT2D eigenvalue weighted by Gasteiger charge is 2.13. The topological polar surface area (TPSA) is 68.7 Å². The lowest BCUT2D eigenvalue weighted by molar-refractivity contribution is -0.0169. The third-order valence-corrected chi connectivity index (χ3v) is 1.86. The molecule has 0 aromatic carbocycles. The first kappa shape index (κ1) is 13.4. The molecule has 0 atom stereocenters. The summed E-state index contributed by atoms with van der Waals surface area (Å²) in [6, 6.07) is 3.01. The molecule has 94 valence electrons. The van der Waals surface area contributed by atoms with E-state index in [4.69, 9.17) is 14.6 Å². The summed E-state index contributed by atoms with van der Waals surface area (Å²) in [7, 11) is 0. The maximum atomic E-state index is 10.9. The van der Waals surface area contributed by atoms with Gasteiger partial charge in [-0.1, -0.05) is 0 Å². The van der Waals surface area contributed by atoms with Crippen LogP contribution in [0, 0.1) is 0 Å². The first-order chi connectivity index (χ1) is 7.90. The molecule has 0 aliphatic carbocycles. The molecule has 5 nitrogen and oxygen atoms in total. The summed E-state index contributed by atoms with van der Waals surface area (Å²) in [4.78, 5) is 14.7. The van der Waals surface area contributed by atoms with Gasteiger partial charge in [-0.05, 0) is 32.9 Å². The van der Waals surface area contributed by atoms with Crippen molar-refractivity contribution in [1.82, 2.24) is 4.98 Å². The molecule has 1 rings (SSSR count). The van der Waals surface area contributed by atoms with E-state index in [1.807, 2.05) is 20.8 Å². The molecule has 0 saturated heterocycles. The molecule has 1 aromatic heterocycles. The van der Waals surface area contributed by atoms with Crippen LogP contribution in [0.5, 0.6) is 5.88 Å². The van der Waals surface area contributed by atoms with Gasteiger partial charge in [0.25, 0.3) is 0 Å². The number of pyridine rings is 1. The molecule has 0 radical (unpaired) electrons. The summed E-state index contributed by atoms with van der Waals surface area (Å²) in [5, 5.41) is 8.90. The van der Waals surface area contributed by atoms with Gasteiger partial charge in [0.1, 0.15) is 12.2 Å². The van der Waals surface area contributed by atoms with Gasteiger partial charge in [-0.25, -0.2) is 9.78 Å². The number of ether oxygens (including phenoxy) is 2. The SMILES string of the molecule is CC(C)(C)OCCOc1ncccc1C(=O)O. The van der Waals surface area contributed by atoms with Crippen molar-refractivity contribution in [2.24, 2.45) is 0 Å². The summed E-state index contributed by atoms with van der Waals surface area (Å²) < 4.78 is 10.7. The van der Waals surface area contributed by atoms with Crippen molar-refractivity contribution in [3.8, 4) is 5.88 Å². The minimum absolute atomic E-state index is 0.0586. The highest BCUT2D eigenvalue weighted by atomic mass is 16.5. The Labute approximate surface area is 100 Å². The van der Waals surface area contributed by atoms with Crippen molar-refractivity contribution < 1.29 is 19.4 Å². The van der Waals surface area contributed by atoms with E-state index in [9.17, 15) is 4.79 Å². The van der Waals surface area contributed by atoms with Gasteiger partial charge in [-0.3, -0.25) is 0 Å². The van der Waals surface area contributed by atoms with E-state index in [0.29, 0.717) is 6.61 Å². The fraction of sp³-hybridized carbons (Fsp3) is 0.500. The largest absolute Gasteiger partial charge is 0.477 e. The van der Waals surface area contributed by atoms with Gasteiger partial charge in [0, 0.05) is 6.20 Å². The van der Waals surface area contributed by atoms with Crippen LogP contribution in [0.1, 0.15) is 31.1 Å². The molecule has 1 aromatic rings. The van der Waals surface area contributed by atoms with Crippen molar-refractivity contribution >= 4 is 5.97 Å². The summed E-state index contributed by atoms with van der Waals surface area (Å²) in [5.41, 5.74) is -0.174. The van der Waals surface area contributed by atoms with E-state index in [2.05, 4.69) is 4.98 Å². The van der Waals surface area contributed by atoms with Gasteiger partial charge in [0.2, 0.25) is 5.88 Å². The van der Waals surface area contributed by atoms with Crippen LogP contribution in [-0.2, 0) is 4.74 Å². The highest BCUT2D eigenvalue weighted by molar-refractivity contribution is 5.90. The van der Waals surface area contributed by atoms with Crippen LogP contribution in [0.15, 0.2) is 18.3 Å². The van der Waals surface area contributed by atoms with Crippen LogP contribution in [0.25, 0.3) is 0 Å². The van der Waals surface area contributed by atoms with E-state index in [1.165, 1.54) is 12.3 Å². The molecule has 0 amide bonds. The van der Waals surface area contributed by atoms with E-state index >= 15 is 0 Å². The molecular formula is C12H17NO4. The molecule has 1 heterocycles. The van der Waals surface area contributed by atoms with Crippen LogP contribution in [0.2, 0.25) is 0 Å². The second-order valence-electron chi connectivity index (χ2n) is 4.47.